The highest BCUT2D eigenvalue weighted by Crippen LogP contribution is 2.31. The van der Waals surface area contributed by atoms with Crippen LogP contribution in [0.2, 0.25) is 10.0 Å². The molecule has 1 aromatic rings. The third kappa shape index (κ3) is 3.86. The van der Waals surface area contributed by atoms with Crippen LogP contribution < -0.4 is 5.32 Å². The van der Waals surface area contributed by atoms with E-state index in [1.54, 1.807) is 0 Å². The summed E-state index contributed by atoms with van der Waals surface area (Å²) in [6.07, 6.45) is 2.23. The van der Waals surface area contributed by atoms with Crippen molar-refractivity contribution in [3.05, 3.63) is 28.0 Å². The normalized spacial score (nSPS) is 21.9. The Morgan fingerprint density at radius 3 is 2.33 bits per heavy atom. The molecule has 0 radical (unpaired) electrons. The number of carboxylic acid groups (broad SMARTS) is 1. The van der Waals surface area contributed by atoms with Crippen LogP contribution in [0.15, 0.2) is 12.1 Å². The van der Waals surface area contributed by atoms with Crippen LogP contribution in [-0.4, -0.2) is 17.0 Å². The van der Waals surface area contributed by atoms with Crippen molar-refractivity contribution in [2.75, 3.05) is 5.32 Å². The maximum absolute atomic E-state index is 13.3. The van der Waals surface area contributed by atoms with Gasteiger partial charge in [0.05, 0.1) is 16.0 Å². The van der Waals surface area contributed by atoms with Gasteiger partial charge in [-0.05, 0) is 31.4 Å². The highest BCUT2D eigenvalue weighted by atomic mass is 35.5. The van der Waals surface area contributed by atoms with Crippen molar-refractivity contribution in [2.45, 2.75) is 25.7 Å². The quantitative estimate of drug-likeness (QED) is 0.822. The number of aliphatic carboxylic acids is 1. The molecular weight excluding hydrogens is 320 g/mol. The Bertz CT molecular complexity index is 556. The standard InChI is InChI=1S/C14H14Cl2FNO3/c15-10-5-9(6-11(16)12(10)17)18-13(19)7-2-1-3-8(4-7)14(20)21/h5-8H,1-4H2,(H,18,19)(H,20,21). The number of carbonyl (C=O) groups excluding carboxylic acids is 1. The minimum Gasteiger partial charge on any atom is -0.481 e. The van der Waals surface area contributed by atoms with Gasteiger partial charge in [0.2, 0.25) is 5.91 Å². The van der Waals surface area contributed by atoms with E-state index in [-0.39, 0.29) is 21.9 Å². The SMILES string of the molecule is O=C(O)C1CCCC(C(=O)Nc2cc(Cl)c(F)c(Cl)c2)C1. The van der Waals surface area contributed by atoms with Crippen LogP contribution in [0.3, 0.4) is 0 Å². The summed E-state index contributed by atoms with van der Waals surface area (Å²) in [4.78, 5) is 23.2. The second kappa shape index (κ2) is 6.62. The van der Waals surface area contributed by atoms with E-state index in [1.165, 1.54) is 12.1 Å². The number of carboxylic acids is 1. The molecular formula is C14H14Cl2FNO3. The molecule has 1 aliphatic rings. The topological polar surface area (TPSA) is 66.4 Å². The van der Waals surface area contributed by atoms with Crippen LogP contribution in [-0.2, 0) is 9.59 Å². The van der Waals surface area contributed by atoms with Gasteiger partial charge < -0.3 is 10.4 Å². The van der Waals surface area contributed by atoms with Gasteiger partial charge in [-0.2, -0.15) is 0 Å². The molecule has 4 nitrogen and oxygen atoms in total. The number of hydrogen-bond donors (Lipinski definition) is 2. The van der Waals surface area contributed by atoms with E-state index in [0.29, 0.717) is 31.4 Å². The lowest BCUT2D eigenvalue weighted by molar-refractivity contribution is -0.143. The smallest absolute Gasteiger partial charge is 0.306 e. The van der Waals surface area contributed by atoms with E-state index in [0.717, 1.165) is 0 Å². The van der Waals surface area contributed by atoms with Crippen molar-refractivity contribution in [1.82, 2.24) is 0 Å². The largest absolute Gasteiger partial charge is 0.481 e. The molecule has 2 N–H and O–H groups in total. The van der Waals surface area contributed by atoms with Gasteiger partial charge in [0.25, 0.3) is 0 Å². The number of hydrogen-bond acceptors (Lipinski definition) is 2. The zero-order valence-electron chi connectivity index (χ0n) is 11.0. The van der Waals surface area contributed by atoms with Crippen molar-refractivity contribution in [3.8, 4) is 0 Å². The molecule has 2 unspecified atom stereocenters. The number of amides is 1. The van der Waals surface area contributed by atoms with Crippen molar-refractivity contribution >= 4 is 40.8 Å². The monoisotopic (exact) mass is 333 g/mol. The van der Waals surface area contributed by atoms with Crippen molar-refractivity contribution in [2.24, 2.45) is 11.8 Å². The third-order valence-electron chi connectivity index (χ3n) is 3.65. The molecule has 1 aliphatic carbocycles. The zero-order chi connectivity index (χ0) is 15.6. The van der Waals surface area contributed by atoms with Gasteiger partial charge in [0.1, 0.15) is 0 Å². The van der Waals surface area contributed by atoms with Crippen molar-refractivity contribution in [1.29, 1.82) is 0 Å². The Hall–Kier alpha value is -1.33. The van der Waals surface area contributed by atoms with Crippen LogP contribution in [0.4, 0.5) is 10.1 Å². The summed E-state index contributed by atoms with van der Waals surface area (Å²) >= 11 is 11.3. The first-order valence-corrected chi connectivity index (χ1v) is 7.32. The van der Waals surface area contributed by atoms with Gasteiger partial charge in [-0.3, -0.25) is 9.59 Å². The maximum Gasteiger partial charge on any atom is 0.306 e. The first kappa shape index (κ1) is 16.0. The molecule has 0 spiro atoms. The lowest BCUT2D eigenvalue weighted by atomic mass is 9.81. The Balaban J connectivity index is 2.06. The summed E-state index contributed by atoms with van der Waals surface area (Å²) in [6, 6.07) is 2.55. The average molecular weight is 334 g/mol. The summed E-state index contributed by atoms with van der Waals surface area (Å²) in [6.45, 7) is 0. The summed E-state index contributed by atoms with van der Waals surface area (Å²) < 4.78 is 13.3. The summed E-state index contributed by atoms with van der Waals surface area (Å²) in [5.41, 5.74) is 0.300. The Labute approximate surface area is 131 Å². The van der Waals surface area contributed by atoms with E-state index >= 15 is 0 Å². The van der Waals surface area contributed by atoms with Gasteiger partial charge in [0, 0.05) is 11.6 Å². The Morgan fingerprint density at radius 1 is 1.19 bits per heavy atom. The fourth-order valence-corrected chi connectivity index (χ4v) is 3.01. The molecule has 114 valence electrons. The number of benzene rings is 1. The highest BCUT2D eigenvalue weighted by molar-refractivity contribution is 6.35. The van der Waals surface area contributed by atoms with E-state index < -0.39 is 17.7 Å². The molecule has 7 heteroatoms. The van der Waals surface area contributed by atoms with Gasteiger partial charge in [-0.15, -0.1) is 0 Å². The van der Waals surface area contributed by atoms with Gasteiger partial charge >= 0.3 is 5.97 Å². The maximum atomic E-state index is 13.3. The molecule has 1 saturated carbocycles. The first-order valence-electron chi connectivity index (χ1n) is 6.56. The fourth-order valence-electron chi connectivity index (χ4n) is 2.52. The Morgan fingerprint density at radius 2 is 1.76 bits per heavy atom. The summed E-state index contributed by atoms with van der Waals surface area (Å²) in [5.74, 6) is -2.77. The minimum atomic E-state index is -0.875. The van der Waals surface area contributed by atoms with Crippen molar-refractivity contribution < 1.29 is 19.1 Å². The average Bonchev–Trinajstić information content (AvgIpc) is 2.44. The third-order valence-corrected chi connectivity index (χ3v) is 4.20. The van der Waals surface area contributed by atoms with Gasteiger partial charge in [0.15, 0.2) is 5.82 Å². The predicted molar refractivity (Wildman–Crippen MR) is 78.1 cm³/mol. The van der Waals surface area contributed by atoms with E-state index in [9.17, 15) is 14.0 Å². The first-order chi connectivity index (χ1) is 9.88. The van der Waals surface area contributed by atoms with E-state index in [2.05, 4.69) is 5.32 Å². The number of carbonyl (C=O) groups is 2. The Kier molecular flexibility index (Phi) is 5.06. The van der Waals surface area contributed by atoms with Crippen LogP contribution in [0.1, 0.15) is 25.7 Å². The number of halogens is 3. The molecule has 2 atom stereocenters. The fraction of sp³-hybridized carbons (Fsp3) is 0.429. The van der Waals surface area contributed by atoms with Gasteiger partial charge in [-0.25, -0.2) is 4.39 Å². The summed E-state index contributed by atoms with van der Waals surface area (Å²) in [5, 5.41) is 11.3. The molecule has 0 aromatic heterocycles. The second-order valence-corrected chi connectivity index (χ2v) is 5.96. The molecule has 0 heterocycles. The molecule has 1 amide bonds. The number of anilines is 1. The molecule has 2 rings (SSSR count). The lowest BCUT2D eigenvalue weighted by Gasteiger charge is -2.25. The highest BCUT2D eigenvalue weighted by Gasteiger charge is 2.31. The van der Waals surface area contributed by atoms with Gasteiger partial charge in [-0.1, -0.05) is 29.6 Å². The molecule has 21 heavy (non-hydrogen) atoms. The van der Waals surface area contributed by atoms with Crippen LogP contribution in [0.25, 0.3) is 0 Å². The van der Waals surface area contributed by atoms with Crippen LogP contribution >= 0.6 is 23.2 Å². The van der Waals surface area contributed by atoms with Crippen LogP contribution in [0, 0.1) is 17.7 Å². The minimum absolute atomic E-state index is 0.176. The molecule has 0 saturated heterocycles. The molecule has 0 aliphatic heterocycles. The predicted octanol–water partition coefficient (Wildman–Crippen LogP) is 3.96. The van der Waals surface area contributed by atoms with Crippen LogP contribution in [0.5, 0.6) is 0 Å². The van der Waals surface area contributed by atoms with Crippen molar-refractivity contribution in [3.63, 3.8) is 0 Å². The summed E-state index contributed by atoms with van der Waals surface area (Å²) in [7, 11) is 0. The lowest BCUT2D eigenvalue weighted by Crippen LogP contribution is -2.30. The molecule has 0 bridgehead atoms. The second-order valence-electron chi connectivity index (χ2n) is 5.14. The number of nitrogens with one attached hydrogen (secondary N) is 1. The molecule has 1 aromatic carbocycles. The van der Waals surface area contributed by atoms with E-state index in [4.69, 9.17) is 28.3 Å². The zero-order valence-corrected chi connectivity index (χ0v) is 12.5. The van der Waals surface area contributed by atoms with E-state index in [1.807, 2.05) is 0 Å². The molecule has 1 fully saturated rings. The number of rotatable bonds is 3.